The molecule has 2 atom stereocenters. The minimum Gasteiger partial charge on any atom is -0.377 e. The topological polar surface area (TPSA) is 74.8 Å². The number of carbonyl (C=O) groups excluding carboxylic acids is 1. The van der Waals surface area contributed by atoms with Crippen LogP contribution in [0.2, 0.25) is 0 Å². The van der Waals surface area contributed by atoms with Gasteiger partial charge in [-0.3, -0.25) is 9.79 Å². The fourth-order valence-corrected chi connectivity index (χ4v) is 3.72. The zero-order chi connectivity index (χ0) is 21.1. The summed E-state index contributed by atoms with van der Waals surface area (Å²) >= 11 is 0. The first-order chi connectivity index (χ1) is 13.9. The van der Waals surface area contributed by atoms with E-state index in [1.165, 1.54) is 0 Å². The molecule has 162 valence electrons. The maximum atomic E-state index is 12.1. The van der Waals surface area contributed by atoms with Gasteiger partial charge in [0.25, 0.3) is 0 Å². The molecule has 29 heavy (non-hydrogen) atoms. The Morgan fingerprint density at radius 1 is 1.17 bits per heavy atom. The lowest BCUT2D eigenvalue weighted by atomic mass is 9.78. The van der Waals surface area contributed by atoms with Crippen molar-refractivity contribution in [3.8, 4) is 0 Å². The number of carbonyl (C=O) groups is 1. The number of nitrogens with zero attached hydrogens (tertiary/aromatic N) is 1. The molecule has 1 amide bonds. The van der Waals surface area contributed by atoms with Gasteiger partial charge in [-0.15, -0.1) is 0 Å². The monoisotopic (exact) mass is 402 g/mol. The van der Waals surface area contributed by atoms with Crippen LogP contribution in [0.5, 0.6) is 0 Å². The first-order valence-corrected chi connectivity index (χ1v) is 10.8. The van der Waals surface area contributed by atoms with E-state index in [-0.39, 0.29) is 17.4 Å². The van der Waals surface area contributed by atoms with Crippen molar-refractivity contribution in [2.45, 2.75) is 59.6 Å². The molecule has 0 aromatic heterocycles. The van der Waals surface area contributed by atoms with E-state index in [0.29, 0.717) is 25.4 Å². The van der Waals surface area contributed by atoms with Crippen molar-refractivity contribution >= 4 is 11.9 Å². The zero-order valence-electron chi connectivity index (χ0n) is 18.5. The second kappa shape index (κ2) is 11.8. The minimum absolute atomic E-state index is 0.0330. The Labute approximate surface area is 175 Å². The van der Waals surface area contributed by atoms with Crippen molar-refractivity contribution in [2.24, 2.45) is 16.3 Å². The maximum absolute atomic E-state index is 12.1. The van der Waals surface area contributed by atoms with E-state index in [2.05, 4.69) is 36.7 Å². The van der Waals surface area contributed by atoms with E-state index >= 15 is 0 Å². The van der Waals surface area contributed by atoms with Crippen LogP contribution < -0.4 is 16.0 Å². The summed E-state index contributed by atoms with van der Waals surface area (Å²) in [5.41, 5.74) is 1.22. The smallest absolute Gasteiger partial charge is 0.222 e. The van der Waals surface area contributed by atoms with Crippen molar-refractivity contribution in [1.29, 1.82) is 0 Å². The number of ether oxygens (including phenoxy) is 1. The third-order valence-corrected chi connectivity index (χ3v) is 5.10. The highest BCUT2D eigenvalue weighted by Gasteiger charge is 2.35. The fraction of sp³-hybridized carbons (Fsp3) is 0.652. The van der Waals surface area contributed by atoms with Crippen LogP contribution in [0.4, 0.5) is 0 Å². The van der Waals surface area contributed by atoms with Gasteiger partial charge in [0.2, 0.25) is 5.91 Å². The van der Waals surface area contributed by atoms with E-state index in [1.54, 1.807) is 0 Å². The number of hydrogen-bond donors (Lipinski definition) is 3. The normalized spacial score (nSPS) is 20.2. The lowest BCUT2D eigenvalue weighted by molar-refractivity contribution is -0.121. The second-order valence-corrected chi connectivity index (χ2v) is 8.72. The van der Waals surface area contributed by atoms with Gasteiger partial charge >= 0.3 is 0 Å². The van der Waals surface area contributed by atoms with Crippen LogP contribution in [0.15, 0.2) is 35.3 Å². The number of guanidine groups is 1. The van der Waals surface area contributed by atoms with Gasteiger partial charge in [-0.2, -0.15) is 0 Å². The summed E-state index contributed by atoms with van der Waals surface area (Å²) in [5.74, 6) is 1.22. The molecule has 1 fully saturated rings. The summed E-state index contributed by atoms with van der Waals surface area (Å²) in [7, 11) is 0. The van der Waals surface area contributed by atoms with Crippen molar-refractivity contribution < 1.29 is 9.53 Å². The number of aliphatic imine (C=N–C) groups is 1. The Morgan fingerprint density at radius 2 is 1.93 bits per heavy atom. The van der Waals surface area contributed by atoms with Crippen LogP contribution in [0, 0.1) is 11.3 Å². The van der Waals surface area contributed by atoms with Gasteiger partial charge in [-0.05, 0) is 30.7 Å². The summed E-state index contributed by atoms with van der Waals surface area (Å²) in [6.07, 6.45) is 2.88. The van der Waals surface area contributed by atoms with E-state index in [1.807, 2.05) is 37.3 Å². The first-order valence-electron chi connectivity index (χ1n) is 10.8. The quantitative estimate of drug-likeness (QED) is 0.461. The molecule has 1 heterocycles. The number of hydrogen-bond acceptors (Lipinski definition) is 3. The van der Waals surface area contributed by atoms with Crippen LogP contribution in [-0.2, 0) is 16.1 Å². The molecule has 3 N–H and O–H groups in total. The molecule has 1 aliphatic heterocycles. The van der Waals surface area contributed by atoms with Gasteiger partial charge in [0.15, 0.2) is 5.96 Å². The van der Waals surface area contributed by atoms with E-state index < -0.39 is 0 Å². The molecule has 1 aromatic rings. The molecule has 1 aromatic carbocycles. The molecule has 0 saturated carbocycles. The third-order valence-electron chi connectivity index (χ3n) is 5.10. The summed E-state index contributed by atoms with van der Waals surface area (Å²) in [6, 6.07) is 9.94. The Hall–Kier alpha value is -2.08. The molecule has 1 saturated heterocycles. The van der Waals surface area contributed by atoms with Crippen LogP contribution >= 0.6 is 0 Å². The van der Waals surface area contributed by atoms with Crippen LogP contribution in [0.1, 0.15) is 52.5 Å². The van der Waals surface area contributed by atoms with E-state index in [9.17, 15) is 4.79 Å². The van der Waals surface area contributed by atoms with Crippen molar-refractivity contribution in [2.75, 3.05) is 26.2 Å². The van der Waals surface area contributed by atoms with Gasteiger partial charge in [-0.1, -0.05) is 51.1 Å². The van der Waals surface area contributed by atoms with Gasteiger partial charge in [0.1, 0.15) is 0 Å². The Kier molecular flexibility index (Phi) is 9.45. The van der Waals surface area contributed by atoms with Gasteiger partial charge in [-0.25, -0.2) is 0 Å². The molecular weight excluding hydrogens is 364 g/mol. The SMILES string of the molecule is CCNC(=NCC1CCCOC1C(C)(C)C)NCCC(=O)NCc1ccccc1. The lowest BCUT2D eigenvalue weighted by Gasteiger charge is -2.39. The van der Waals surface area contributed by atoms with Crippen molar-refractivity contribution in [3.63, 3.8) is 0 Å². The standard InChI is InChI=1S/C23H38N4O2/c1-5-24-22(27-17-19-12-9-15-29-21(19)23(2,3)4)25-14-13-20(28)26-16-18-10-7-6-8-11-18/h6-8,10-11,19,21H,5,9,12-17H2,1-4H3,(H,26,28)(H2,24,25,27). The average molecular weight is 403 g/mol. The molecule has 0 radical (unpaired) electrons. The molecule has 6 heteroatoms. The van der Waals surface area contributed by atoms with Crippen LogP contribution in [-0.4, -0.2) is 44.2 Å². The highest BCUT2D eigenvalue weighted by Crippen LogP contribution is 2.34. The van der Waals surface area contributed by atoms with Crippen LogP contribution in [0.3, 0.4) is 0 Å². The fourth-order valence-electron chi connectivity index (χ4n) is 3.72. The number of nitrogens with one attached hydrogen (secondary N) is 3. The Balaban J connectivity index is 1.78. The van der Waals surface area contributed by atoms with Crippen LogP contribution in [0.25, 0.3) is 0 Å². The molecule has 0 spiro atoms. The molecular formula is C23H38N4O2. The van der Waals surface area contributed by atoms with Crippen molar-refractivity contribution in [3.05, 3.63) is 35.9 Å². The summed E-state index contributed by atoms with van der Waals surface area (Å²) in [6.45, 7) is 12.2. The van der Waals surface area contributed by atoms with Gasteiger partial charge < -0.3 is 20.7 Å². The Morgan fingerprint density at radius 3 is 2.62 bits per heavy atom. The summed E-state index contributed by atoms with van der Waals surface area (Å²) in [5, 5.41) is 9.51. The predicted molar refractivity (Wildman–Crippen MR) is 119 cm³/mol. The molecule has 2 rings (SSSR count). The molecule has 1 aliphatic rings. The number of amides is 1. The molecule has 6 nitrogen and oxygen atoms in total. The van der Waals surface area contributed by atoms with E-state index in [4.69, 9.17) is 9.73 Å². The third kappa shape index (κ3) is 8.44. The second-order valence-electron chi connectivity index (χ2n) is 8.72. The zero-order valence-corrected chi connectivity index (χ0v) is 18.5. The van der Waals surface area contributed by atoms with E-state index in [0.717, 1.165) is 44.1 Å². The summed E-state index contributed by atoms with van der Waals surface area (Å²) < 4.78 is 6.06. The molecule has 2 unspecified atom stereocenters. The molecule has 0 aliphatic carbocycles. The Bertz CT molecular complexity index is 640. The highest BCUT2D eigenvalue weighted by molar-refractivity contribution is 5.81. The average Bonchev–Trinajstić information content (AvgIpc) is 2.71. The van der Waals surface area contributed by atoms with Gasteiger partial charge in [0.05, 0.1) is 6.10 Å². The van der Waals surface area contributed by atoms with Gasteiger partial charge in [0, 0.05) is 45.1 Å². The lowest BCUT2D eigenvalue weighted by Crippen LogP contribution is -2.43. The molecule has 0 bridgehead atoms. The maximum Gasteiger partial charge on any atom is 0.222 e. The summed E-state index contributed by atoms with van der Waals surface area (Å²) in [4.78, 5) is 16.9. The van der Waals surface area contributed by atoms with Crippen molar-refractivity contribution in [1.82, 2.24) is 16.0 Å². The minimum atomic E-state index is 0.0330. The largest absolute Gasteiger partial charge is 0.377 e. The predicted octanol–water partition coefficient (Wildman–Crippen LogP) is 3.09. The number of benzene rings is 1. The first kappa shape index (κ1) is 23.2. The highest BCUT2D eigenvalue weighted by atomic mass is 16.5. The number of rotatable bonds is 8.